The quantitative estimate of drug-likeness (QED) is 0.574. The number of allylic oxidation sites excluding steroid dienone is 2. The van der Waals surface area contributed by atoms with Crippen LogP contribution < -0.4 is 10.6 Å². The third-order valence-corrected chi connectivity index (χ3v) is 2.73. The van der Waals surface area contributed by atoms with Gasteiger partial charge in [-0.1, -0.05) is 12.2 Å². The summed E-state index contributed by atoms with van der Waals surface area (Å²) in [7, 11) is 1.40. The molecular formula is C12H18N2O4. The van der Waals surface area contributed by atoms with Crippen molar-refractivity contribution in [3.05, 3.63) is 12.2 Å². The van der Waals surface area contributed by atoms with Crippen LogP contribution >= 0.6 is 0 Å². The maximum absolute atomic E-state index is 11.7. The van der Waals surface area contributed by atoms with E-state index in [2.05, 4.69) is 10.6 Å². The number of carbonyl (C=O) groups is 3. The van der Waals surface area contributed by atoms with Gasteiger partial charge in [0.2, 0.25) is 0 Å². The molecular weight excluding hydrogens is 236 g/mol. The summed E-state index contributed by atoms with van der Waals surface area (Å²) in [4.78, 5) is 34.1. The number of esters is 1. The lowest BCUT2D eigenvalue weighted by molar-refractivity contribution is -0.158. The molecule has 0 aromatic heterocycles. The van der Waals surface area contributed by atoms with E-state index in [0.717, 1.165) is 12.8 Å². The number of carbonyl (C=O) groups excluding carboxylic acids is 3. The highest BCUT2D eigenvalue weighted by atomic mass is 16.5. The minimum absolute atomic E-state index is 0.190. The van der Waals surface area contributed by atoms with Gasteiger partial charge in [-0.15, -0.1) is 0 Å². The van der Waals surface area contributed by atoms with Crippen molar-refractivity contribution < 1.29 is 19.1 Å². The normalized spacial score (nSPS) is 19.8. The van der Waals surface area contributed by atoms with Gasteiger partial charge in [-0.3, -0.25) is 14.9 Å². The number of nitrogens with one attached hydrogen (secondary N) is 2. The van der Waals surface area contributed by atoms with Crippen molar-refractivity contribution in [3.8, 4) is 0 Å². The Morgan fingerprint density at radius 3 is 2.61 bits per heavy atom. The summed E-state index contributed by atoms with van der Waals surface area (Å²) in [5, 5.41) is 4.30. The van der Waals surface area contributed by atoms with E-state index in [0.29, 0.717) is 6.42 Å². The Labute approximate surface area is 106 Å². The third-order valence-electron chi connectivity index (χ3n) is 2.73. The van der Waals surface area contributed by atoms with Crippen molar-refractivity contribution in [2.24, 2.45) is 5.92 Å². The summed E-state index contributed by atoms with van der Waals surface area (Å²) in [6.07, 6.45) is 5.21. The summed E-state index contributed by atoms with van der Waals surface area (Å²) < 4.78 is 5.03. The SMILES string of the molecule is CNC(=O)NC(=O)[C@@H](C)OC(=O)[C@@H]1CC=CCC1. The molecule has 6 nitrogen and oxygen atoms in total. The van der Waals surface area contributed by atoms with E-state index in [9.17, 15) is 14.4 Å². The van der Waals surface area contributed by atoms with Crippen LogP contribution in [-0.2, 0) is 14.3 Å². The summed E-state index contributed by atoms with van der Waals surface area (Å²) in [6, 6.07) is -0.622. The fourth-order valence-electron chi connectivity index (χ4n) is 1.61. The lowest BCUT2D eigenvalue weighted by atomic mass is 9.95. The van der Waals surface area contributed by atoms with E-state index in [-0.39, 0.29) is 11.9 Å². The number of amides is 3. The Balaban J connectivity index is 2.41. The van der Waals surface area contributed by atoms with Crippen LogP contribution in [0.4, 0.5) is 4.79 Å². The first-order valence-electron chi connectivity index (χ1n) is 5.92. The molecule has 0 bridgehead atoms. The summed E-state index contributed by atoms with van der Waals surface area (Å²) in [6.45, 7) is 1.44. The highest BCUT2D eigenvalue weighted by Gasteiger charge is 2.25. The van der Waals surface area contributed by atoms with Gasteiger partial charge in [0.1, 0.15) is 0 Å². The molecule has 0 heterocycles. The average molecular weight is 254 g/mol. The third kappa shape index (κ3) is 4.20. The lowest BCUT2D eigenvalue weighted by Crippen LogP contribution is -2.44. The molecule has 0 aromatic rings. The van der Waals surface area contributed by atoms with Crippen molar-refractivity contribution in [3.63, 3.8) is 0 Å². The topological polar surface area (TPSA) is 84.5 Å². The molecule has 0 spiro atoms. The highest BCUT2D eigenvalue weighted by molar-refractivity contribution is 5.97. The van der Waals surface area contributed by atoms with E-state index in [1.807, 2.05) is 12.2 Å². The number of imide groups is 1. The Morgan fingerprint density at radius 2 is 2.06 bits per heavy atom. The second kappa shape index (κ2) is 6.78. The predicted molar refractivity (Wildman–Crippen MR) is 64.6 cm³/mol. The molecule has 1 aliphatic carbocycles. The molecule has 3 amide bonds. The zero-order valence-electron chi connectivity index (χ0n) is 10.6. The largest absolute Gasteiger partial charge is 0.452 e. The van der Waals surface area contributed by atoms with Gasteiger partial charge >= 0.3 is 12.0 Å². The van der Waals surface area contributed by atoms with Crippen LogP contribution in [0.15, 0.2) is 12.2 Å². The Bertz CT molecular complexity index is 365. The maximum atomic E-state index is 11.7. The zero-order chi connectivity index (χ0) is 13.5. The summed E-state index contributed by atoms with van der Waals surface area (Å²) in [5.41, 5.74) is 0. The van der Waals surface area contributed by atoms with Gasteiger partial charge in [0, 0.05) is 7.05 Å². The van der Waals surface area contributed by atoms with Gasteiger partial charge in [-0.2, -0.15) is 0 Å². The molecule has 100 valence electrons. The van der Waals surface area contributed by atoms with Crippen LogP contribution in [0.2, 0.25) is 0 Å². The predicted octanol–water partition coefficient (Wildman–Crippen LogP) is 0.730. The summed E-state index contributed by atoms with van der Waals surface area (Å²) in [5.74, 6) is -1.21. The first-order chi connectivity index (χ1) is 8.54. The van der Waals surface area contributed by atoms with Gasteiger partial charge in [0.05, 0.1) is 5.92 Å². The van der Waals surface area contributed by atoms with Crippen molar-refractivity contribution in [1.29, 1.82) is 0 Å². The van der Waals surface area contributed by atoms with Crippen LogP contribution in [-0.4, -0.2) is 31.1 Å². The maximum Gasteiger partial charge on any atom is 0.321 e. The van der Waals surface area contributed by atoms with E-state index < -0.39 is 18.0 Å². The van der Waals surface area contributed by atoms with Gasteiger partial charge in [0.25, 0.3) is 5.91 Å². The monoisotopic (exact) mass is 254 g/mol. The second-order valence-electron chi connectivity index (χ2n) is 4.13. The molecule has 1 rings (SSSR count). The van der Waals surface area contributed by atoms with Gasteiger partial charge in [-0.25, -0.2) is 4.79 Å². The second-order valence-corrected chi connectivity index (χ2v) is 4.13. The zero-order valence-corrected chi connectivity index (χ0v) is 10.6. The fourth-order valence-corrected chi connectivity index (χ4v) is 1.61. The number of hydrogen-bond donors (Lipinski definition) is 2. The van der Waals surface area contributed by atoms with Crippen LogP contribution in [0.1, 0.15) is 26.2 Å². The molecule has 0 aliphatic heterocycles. The standard InChI is InChI=1S/C12H18N2O4/c1-8(10(15)14-12(17)13-2)18-11(16)9-6-4-3-5-7-9/h3-4,8-9H,5-7H2,1-2H3,(H2,13,14,15,17)/t8-,9-/m1/s1. The van der Waals surface area contributed by atoms with Crippen molar-refractivity contribution >= 4 is 17.9 Å². The fraction of sp³-hybridized carbons (Fsp3) is 0.583. The first kappa shape index (κ1) is 14.2. The van der Waals surface area contributed by atoms with Gasteiger partial charge in [-0.05, 0) is 26.2 Å². The average Bonchev–Trinajstić information content (AvgIpc) is 2.39. The minimum atomic E-state index is -0.972. The highest BCUT2D eigenvalue weighted by Crippen LogP contribution is 2.19. The number of urea groups is 1. The van der Waals surface area contributed by atoms with Gasteiger partial charge in [0.15, 0.2) is 6.10 Å². The number of rotatable bonds is 3. The van der Waals surface area contributed by atoms with Crippen LogP contribution in [0.5, 0.6) is 0 Å². The molecule has 6 heteroatoms. The van der Waals surface area contributed by atoms with Crippen molar-refractivity contribution in [1.82, 2.24) is 10.6 Å². The van der Waals surface area contributed by atoms with Crippen LogP contribution in [0, 0.1) is 5.92 Å². The Morgan fingerprint density at radius 1 is 1.33 bits per heavy atom. The summed E-state index contributed by atoms with van der Waals surface area (Å²) >= 11 is 0. The van der Waals surface area contributed by atoms with E-state index in [4.69, 9.17) is 4.74 Å². The molecule has 18 heavy (non-hydrogen) atoms. The number of hydrogen-bond acceptors (Lipinski definition) is 4. The smallest absolute Gasteiger partial charge is 0.321 e. The molecule has 2 atom stereocenters. The van der Waals surface area contributed by atoms with Crippen LogP contribution in [0.3, 0.4) is 0 Å². The number of ether oxygens (including phenoxy) is 1. The molecule has 0 fully saturated rings. The van der Waals surface area contributed by atoms with E-state index in [1.165, 1.54) is 14.0 Å². The molecule has 1 aliphatic rings. The molecule has 0 radical (unpaired) electrons. The Hall–Kier alpha value is -1.85. The van der Waals surface area contributed by atoms with E-state index in [1.54, 1.807) is 0 Å². The molecule has 2 N–H and O–H groups in total. The first-order valence-corrected chi connectivity index (χ1v) is 5.92. The molecule has 0 saturated carbocycles. The van der Waals surface area contributed by atoms with Crippen LogP contribution in [0.25, 0.3) is 0 Å². The van der Waals surface area contributed by atoms with Crippen molar-refractivity contribution in [2.75, 3.05) is 7.05 Å². The van der Waals surface area contributed by atoms with Gasteiger partial charge < -0.3 is 10.1 Å². The van der Waals surface area contributed by atoms with E-state index >= 15 is 0 Å². The Kier molecular flexibility index (Phi) is 5.35. The van der Waals surface area contributed by atoms with Crippen molar-refractivity contribution in [2.45, 2.75) is 32.3 Å². The lowest BCUT2D eigenvalue weighted by Gasteiger charge is -2.19. The molecule has 0 unspecified atom stereocenters. The molecule has 0 saturated heterocycles. The minimum Gasteiger partial charge on any atom is -0.452 e. The molecule has 0 aromatic carbocycles.